The standard InChI is InChI=1S/C18H19N3O3/c1-21-15(22)12-24-17(16(21)13-7-3-2-4-8-13)18(23)20-11-14-9-5-6-10-19-14/h2-10,16-17H,11-12H2,1H3,(H,20,23)/t16-,17+/m0/s1. The number of amides is 2. The lowest BCUT2D eigenvalue weighted by Gasteiger charge is -2.38. The Kier molecular flexibility index (Phi) is 4.86. The van der Waals surface area contributed by atoms with Crippen molar-refractivity contribution in [2.24, 2.45) is 0 Å². The zero-order valence-electron chi connectivity index (χ0n) is 13.4. The van der Waals surface area contributed by atoms with Crippen LogP contribution < -0.4 is 5.32 Å². The van der Waals surface area contributed by atoms with Gasteiger partial charge in [0.1, 0.15) is 6.61 Å². The Balaban J connectivity index is 1.76. The van der Waals surface area contributed by atoms with Crippen LogP contribution in [-0.4, -0.2) is 41.5 Å². The van der Waals surface area contributed by atoms with Crippen LogP contribution >= 0.6 is 0 Å². The second-order valence-electron chi connectivity index (χ2n) is 5.63. The summed E-state index contributed by atoms with van der Waals surface area (Å²) in [6.07, 6.45) is 0.927. The highest BCUT2D eigenvalue weighted by molar-refractivity contribution is 5.86. The Morgan fingerprint density at radius 2 is 2.00 bits per heavy atom. The van der Waals surface area contributed by atoms with Crippen molar-refractivity contribution >= 4 is 11.8 Å². The molecule has 24 heavy (non-hydrogen) atoms. The molecule has 6 nitrogen and oxygen atoms in total. The molecule has 2 aromatic rings. The summed E-state index contributed by atoms with van der Waals surface area (Å²) >= 11 is 0. The molecule has 0 spiro atoms. The van der Waals surface area contributed by atoms with E-state index in [2.05, 4.69) is 10.3 Å². The fourth-order valence-corrected chi connectivity index (χ4v) is 2.76. The summed E-state index contributed by atoms with van der Waals surface area (Å²) in [6.45, 7) is 0.222. The number of hydrogen-bond donors (Lipinski definition) is 1. The molecule has 3 rings (SSSR count). The van der Waals surface area contributed by atoms with E-state index in [0.717, 1.165) is 11.3 Å². The lowest BCUT2D eigenvalue weighted by Crippen LogP contribution is -2.52. The number of carbonyl (C=O) groups excluding carboxylic acids is 2. The molecule has 1 N–H and O–H groups in total. The summed E-state index contributed by atoms with van der Waals surface area (Å²) in [4.78, 5) is 30.3. The van der Waals surface area contributed by atoms with Gasteiger partial charge in [-0.1, -0.05) is 36.4 Å². The van der Waals surface area contributed by atoms with Gasteiger partial charge in [0, 0.05) is 13.2 Å². The van der Waals surface area contributed by atoms with Crippen molar-refractivity contribution in [3.63, 3.8) is 0 Å². The van der Waals surface area contributed by atoms with Gasteiger partial charge in [-0.15, -0.1) is 0 Å². The first kappa shape index (κ1) is 16.1. The van der Waals surface area contributed by atoms with Gasteiger partial charge in [0.25, 0.3) is 5.91 Å². The van der Waals surface area contributed by atoms with Crippen LogP contribution in [0.4, 0.5) is 0 Å². The van der Waals surface area contributed by atoms with Crippen LogP contribution in [0.3, 0.4) is 0 Å². The quantitative estimate of drug-likeness (QED) is 0.920. The Morgan fingerprint density at radius 1 is 1.25 bits per heavy atom. The van der Waals surface area contributed by atoms with Crippen molar-refractivity contribution in [2.75, 3.05) is 13.7 Å². The van der Waals surface area contributed by atoms with Crippen LogP contribution in [0.5, 0.6) is 0 Å². The van der Waals surface area contributed by atoms with E-state index < -0.39 is 12.1 Å². The average Bonchev–Trinajstić information content (AvgIpc) is 2.63. The van der Waals surface area contributed by atoms with Crippen molar-refractivity contribution in [3.05, 3.63) is 66.0 Å². The van der Waals surface area contributed by atoms with Crippen LogP contribution in [0.25, 0.3) is 0 Å². The lowest BCUT2D eigenvalue weighted by molar-refractivity contribution is -0.162. The number of benzene rings is 1. The van der Waals surface area contributed by atoms with Gasteiger partial charge in [0.15, 0.2) is 6.10 Å². The van der Waals surface area contributed by atoms with Gasteiger partial charge in [-0.25, -0.2) is 0 Å². The van der Waals surface area contributed by atoms with Crippen molar-refractivity contribution in [1.29, 1.82) is 0 Å². The minimum atomic E-state index is -0.751. The molecule has 0 saturated carbocycles. The summed E-state index contributed by atoms with van der Waals surface area (Å²) < 4.78 is 5.55. The molecule has 1 aliphatic heterocycles. The summed E-state index contributed by atoms with van der Waals surface area (Å²) in [5.41, 5.74) is 1.63. The van der Waals surface area contributed by atoms with Gasteiger partial charge < -0.3 is 15.0 Å². The maximum atomic E-state index is 12.6. The van der Waals surface area contributed by atoms with Crippen LogP contribution in [0, 0.1) is 0 Å². The van der Waals surface area contributed by atoms with Crippen molar-refractivity contribution in [3.8, 4) is 0 Å². The van der Waals surface area contributed by atoms with E-state index >= 15 is 0 Å². The number of aromatic nitrogens is 1. The molecule has 2 heterocycles. The second-order valence-corrected chi connectivity index (χ2v) is 5.63. The number of pyridine rings is 1. The minimum absolute atomic E-state index is 0.0957. The SMILES string of the molecule is CN1C(=O)CO[C@@H](C(=O)NCc2ccccn2)[C@@H]1c1ccccc1. The molecular formula is C18H19N3O3. The molecule has 6 heteroatoms. The molecule has 1 aromatic heterocycles. The number of carbonyl (C=O) groups is 2. The van der Waals surface area contributed by atoms with E-state index in [9.17, 15) is 9.59 Å². The van der Waals surface area contributed by atoms with Gasteiger partial charge in [0.2, 0.25) is 5.91 Å². The van der Waals surface area contributed by atoms with E-state index in [1.54, 1.807) is 18.1 Å². The van der Waals surface area contributed by atoms with Crippen molar-refractivity contribution in [1.82, 2.24) is 15.2 Å². The monoisotopic (exact) mass is 325 g/mol. The van der Waals surface area contributed by atoms with Gasteiger partial charge >= 0.3 is 0 Å². The van der Waals surface area contributed by atoms with E-state index in [-0.39, 0.29) is 18.4 Å². The molecule has 0 unspecified atom stereocenters. The highest BCUT2D eigenvalue weighted by Crippen LogP contribution is 2.29. The molecule has 1 aromatic carbocycles. The van der Waals surface area contributed by atoms with E-state index in [1.165, 1.54) is 0 Å². The first-order chi connectivity index (χ1) is 11.7. The molecular weight excluding hydrogens is 306 g/mol. The van der Waals surface area contributed by atoms with E-state index in [0.29, 0.717) is 6.54 Å². The molecule has 1 saturated heterocycles. The van der Waals surface area contributed by atoms with Gasteiger partial charge in [-0.2, -0.15) is 0 Å². The Labute approximate surface area is 140 Å². The molecule has 124 valence electrons. The normalized spacial score (nSPS) is 20.7. The van der Waals surface area contributed by atoms with Gasteiger partial charge in [-0.3, -0.25) is 14.6 Å². The zero-order chi connectivity index (χ0) is 16.9. The smallest absolute Gasteiger partial charge is 0.252 e. The van der Waals surface area contributed by atoms with Gasteiger partial charge in [0.05, 0.1) is 18.3 Å². The minimum Gasteiger partial charge on any atom is -0.356 e. The number of nitrogens with one attached hydrogen (secondary N) is 1. The van der Waals surface area contributed by atoms with Crippen LogP contribution in [0.2, 0.25) is 0 Å². The maximum Gasteiger partial charge on any atom is 0.252 e. The molecule has 1 fully saturated rings. The number of rotatable bonds is 4. The topological polar surface area (TPSA) is 71.5 Å². The van der Waals surface area contributed by atoms with Crippen LogP contribution in [0.15, 0.2) is 54.7 Å². The summed E-state index contributed by atoms with van der Waals surface area (Å²) in [5.74, 6) is -0.397. The predicted octanol–water partition coefficient (Wildman–Crippen LogP) is 1.30. The lowest BCUT2D eigenvalue weighted by atomic mass is 9.97. The molecule has 1 aliphatic rings. The van der Waals surface area contributed by atoms with E-state index in [4.69, 9.17) is 4.74 Å². The number of nitrogens with zero attached hydrogens (tertiary/aromatic N) is 2. The van der Waals surface area contributed by atoms with Gasteiger partial charge in [-0.05, 0) is 17.7 Å². The third kappa shape index (κ3) is 3.44. The fourth-order valence-electron chi connectivity index (χ4n) is 2.76. The number of morpholine rings is 1. The maximum absolute atomic E-state index is 12.6. The zero-order valence-corrected chi connectivity index (χ0v) is 13.4. The largest absolute Gasteiger partial charge is 0.356 e. The molecule has 2 amide bonds. The molecule has 2 atom stereocenters. The summed E-state index contributed by atoms with van der Waals surface area (Å²) in [7, 11) is 1.70. The fraction of sp³-hybridized carbons (Fsp3) is 0.278. The van der Waals surface area contributed by atoms with E-state index in [1.807, 2.05) is 48.5 Å². The highest BCUT2D eigenvalue weighted by Gasteiger charge is 2.39. The van der Waals surface area contributed by atoms with Crippen molar-refractivity contribution in [2.45, 2.75) is 18.7 Å². The van der Waals surface area contributed by atoms with Crippen LogP contribution in [0.1, 0.15) is 17.3 Å². The number of hydrogen-bond acceptors (Lipinski definition) is 4. The molecule has 0 radical (unpaired) electrons. The van der Waals surface area contributed by atoms with Crippen molar-refractivity contribution < 1.29 is 14.3 Å². The Hall–Kier alpha value is -2.73. The second kappa shape index (κ2) is 7.23. The highest BCUT2D eigenvalue weighted by atomic mass is 16.5. The number of likely N-dealkylation sites (N-methyl/N-ethyl adjacent to an activating group) is 1. The Bertz CT molecular complexity index is 706. The number of ether oxygens (including phenoxy) is 1. The third-order valence-electron chi connectivity index (χ3n) is 4.05. The summed E-state index contributed by atoms with van der Waals surface area (Å²) in [5, 5.41) is 2.84. The average molecular weight is 325 g/mol. The molecule has 0 bridgehead atoms. The van der Waals surface area contributed by atoms with Crippen LogP contribution in [-0.2, 0) is 20.9 Å². The predicted molar refractivity (Wildman–Crippen MR) is 87.8 cm³/mol. The first-order valence-corrected chi connectivity index (χ1v) is 7.76. The summed E-state index contributed by atoms with van der Waals surface area (Å²) in [6, 6.07) is 14.5. The first-order valence-electron chi connectivity index (χ1n) is 7.76. The molecule has 0 aliphatic carbocycles. The Morgan fingerprint density at radius 3 is 2.71 bits per heavy atom. The third-order valence-corrected chi connectivity index (χ3v) is 4.05.